The van der Waals surface area contributed by atoms with Gasteiger partial charge < -0.3 is 5.32 Å². The summed E-state index contributed by atoms with van der Waals surface area (Å²) in [5, 5.41) is 8.93. The summed E-state index contributed by atoms with van der Waals surface area (Å²) >= 11 is 1.65. The average Bonchev–Trinajstić information content (AvgIpc) is 3.36. The maximum absolute atomic E-state index is 4.98. The number of rotatable bonds is 7. The molecule has 1 N–H and O–H groups in total. The molecule has 1 fully saturated rings. The fourth-order valence-electron chi connectivity index (χ4n) is 3.98. The Hall–Kier alpha value is -2.32. The van der Waals surface area contributed by atoms with E-state index in [1.807, 2.05) is 24.0 Å². The zero-order valence-corrected chi connectivity index (χ0v) is 19.1. The lowest BCUT2D eigenvalue weighted by atomic mass is 9.94. The standard InChI is InChI=1S/C22H31N7S/c1-5-29-13-17(10-24-29)12-28-8-6-7-18(14-28)19-9-21(25-15(2)3)27-22(26-19)20-11-23-16(4)30-20/h9-11,13,15,18H,5-8,12,14H2,1-4H3,(H,25,26,27)/t18-/m0/s1. The highest BCUT2D eigenvalue weighted by molar-refractivity contribution is 7.14. The molecule has 0 aromatic carbocycles. The van der Waals surface area contributed by atoms with E-state index in [9.17, 15) is 0 Å². The van der Waals surface area contributed by atoms with E-state index in [0.29, 0.717) is 12.0 Å². The van der Waals surface area contributed by atoms with Crippen molar-refractivity contribution in [1.29, 1.82) is 0 Å². The fourth-order valence-corrected chi connectivity index (χ4v) is 4.69. The molecule has 8 heteroatoms. The van der Waals surface area contributed by atoms with Gasteiger partial charge in [0.1, 0.15) is 5.82 Å². The topological polar surface area (TPSA) is 71.8 Å². The normalized spacial score (nSPS) is 17.6. The first-order chi connectivity index (χ1) is 14.5. The predicted molar refractivity (Wildman–Crippen MR) is 122 cm³/mol. The minimum atomic E-state index is 0.321. The van der Waals surface area contributed by atoms with E-state index in [1.54, 1.807) is 11.3 Å². The van der Waals surface area contributed by atoms with Gasteiger partial charge in [0.05, 0.1) is 21.8 Å². The number of hydrogen-bond acceptors (Lipinski definition) is 7. The molecule has 0 bridgehead atoms. The van der Waals surface area contributed by atoms with E-state index >= 15 is 0 Å². The fraction of sp³-hybridized carbons (Fsp3) is 0.545. The van der Waals surface area contributed by atoms with Gasteiger partial charge >= 0.3 is 0 Å². The van der Waals surface area contributed by atoms with Gasteiger partial charge in [-0.05, 0) is 47.1 Å². The summed E-state index contributed by atoms with van der Waals surface area (Å²) in [5.74, 6) is 2.09. The van der Waals surface area contributed by atoms with Gasteiger partial charge in [-0.2, -0.15) is 5.10 Å². The van der Waals surface area contributed by atoms with Gasteiger partial charge in [-0.3, -0.25) is 9.58 Å². The second kappa shape index (κ2) is 9.22. The van der Waals surface area contributed by atoms with Crippen LogP contribution in [0.15, 0.2) is 24.7 Å². The number of nitrogens with zero attached hydrogens (tertiary/aromatic N) is 6. The van der Waals surface area contributed by atoms with Crippen molar-refractivity contribution in [3.8, 4) is 10.7 Å². The van der Waals surface area contributed by atoms with E-state index in [-0.39, 0.29) is 0 Å². The molecular formula is C22H31N7S. The largest absolute Gasteiger partial charge is 0.368 e. The lowest BCUT2D eigenvalue weighted by molar-refractivity contribution is 0.198. The number of thiazole rings is 1. The molecule has 3 aromatic heterocycles. The van der Waals surface area contributed by atoms with Crippen molar-refractivity contribution < 1.29 is 0 Å². The van der Waals surface area contributed by atoms with Crippen LogP contribution in [0.25, 0.3) is 10.7 Å². The van der Waals surface area contributed by atoms with Crippen molar-refractivity contribution in [1.82, 2.24) is 29.6 Å². The molecule has 7 nitrogen and oxygen atoms in total. The molecule has 0 saturated carbocycles. The lowest BCUT2D eigenvalue weighted by Crippen LogP contribution is -2.34. The van der Waals surface area contributed by atoms with Crippen LogP contribution in [0.1, 0.15) is 55.8 Å². The first-order valence-corrected chi connectivity index (χ1v) is 11.6. The Kier molecular flexibility index (Phi) is 6.43. The molecule has 3 aromatic rings. The maximum Gasteiger partial charge on any atom is 0.173 e. The van der Waals surface area contributed by atoms with E-state index in [2.05, 4.69) is 53.3 Å². The monoisotopic (exact) mass is 425 g/mol. The van der Waals surface area contributed by atoms with Gasteiger partial charge in [-0.1, -0.05) is 0 Å². The first-order valence-electron chi connectivity index (χ1n) is 10.8. The molecule has 0 spiro atoms. The van der Waals surface area contributed by atoms with Gasteiger partial charge in [-0.25, -0.2) is 15.0 Å². The highest BCUT2D eigenvalue weighted by Crippen LogP contribution is 2.31. The molecule has 160 valence electrons. The van der Waals surface area contributed by atoms with E-state index in [0.717, 1.165) is 59.8 Å². The molecule has 1 aliphatic rings. The van der Waals surface area contributed by atoms with E-state index in [4.69, 9.17) is 9.97 Å². The number of piperidine rings is 1. The second-order valence-corrected chi connectivity index (χ2v) is 9.56. The van der Waals surface area contributed by atoms with Crippen LogP contribution in [0.3, 0.4) is 0 Å². The molecular weight excluding hydrogens is 394 g/mol. The molecule has 1 aliphatic heterocycles. The number of likely N-dealkylation sites (tertiary alicyclic amines) is 1. The Morgan fingerprint density at radius 1 is 1.27 bits per heavy atom. The smallest absolute Gasteiger partial charge is 0.173 e. The molecule has 4 heterocycles. The zero-order chi connectivity index (χ0) is 21.1. The Morgan fingerprint density at radius 2 is 2.13 bits per heavy atom. The predicted octanol–water partition coefficient (Wildman–Crippen LogP) is 4.32. The quantitative estimate of drug-likeness (QED) is 0.608. The molecule has 0 amide bonds. The Balaban J connectivity index is 1.56. The number of nitrogens with one attached hydrogen (secondary N) is 1. The average molecular weight is 426 g/mol. The first kappa shape index (κ1) is 20.9. The van der Waals surface area contributed by atoms with Crippen molar-refractivity contribution >= 4 is 17.2 Å². The Morgan fingerprint density at radius 3 is 2.83 bits per heavy atom. The summed E-state index contributed by atoms with van der Waals surface area (Å²) in [7, 11) is 0. The van der Waals surface area contributed by atoms with Gasteiger partial charge in [-0.15, -0.1) is 11.3 Å². The van der Waals surface area contributed by atoms with Crippen LogP contribution in [0.5, 0.6) is 0 Å². The highest BCUT2D eigenvalue weighted by Gasteiger charge is 2.24. The van der Waals surface area contributed by atoms with E-state index < -0.39 is 0 Å². The summed E-state index contributed by atoms with van der Waals surface area (Å²) < 4.78 is 1.99. The molecule has 4 rings (SSSR count). The molecule has 0 unspecified atom stereocenters. The van der Waals surface area contributed by atoms with Crippen molar-refractivity contribution in [3.05, 3.63) is 40.9 Å². The van der Waals surface area contributed by atoms with Crippen molar-refractivity contribution in [2.24, 2.45) is 0 Å². The van der Waals surface area contributed by atoms with E-state index in [1.165, 1.54) is 12.0 Å². The van der Waals surface area contributed by atoms with Crippen molar-refractivity contribution in [3.63, 3.8) is 0 Å². The number of aromatic nitrogens is 5. The molecule has 0 aliphatic carbocycles. The zero-order valence-electron chi connectivity index (χ0n) is 18.3. The number of anilines is 1. The van der Waals surface area contributed by atoms with Gasteiger partial charge in [0, 0.05) is 55.6 Å². The third kappa shape index (κ3) is 5.05. The van der Waals surface area contributed by atoms with Gasteiger partial charge in [0.2, 0.25) is 0 Å². The van der Waals surface area contributed by atoms with Crippen LogP contribution in [0.4, 0.5) is 5.82 Å². The SMILES string of the molecule is CCn1cc(CN2CCC[C@H](c3cc(NC(C)C)nc(-c4cnc(C)s4)n3)C2)cn1. The molecule has 1 atom stereocenters. The molecule has 30 heavy (non-hydrogen) atoms. The Labute approximate surface area is 182 Å². The Bertz CT molecular complexity index is 978. The highest BCUT2D eigenvalue weighted by atomic mass is 32.1. The minimum Gasteiger partial charge on any atom is -0.368 e. The second-order valence-electron chi connectivity index (χ2n) is 8.32. The van der Waals surface area contributed by atoms with Crippen LogP contribution < -0.4 is 5.32 Å². The van der Waals surface area contributed by atoms with Crippen LogP contribution >= 0.6 is 11.3 Å². The summed E-state index contributed by atoms with van der Waals surface area (Å²) in [5.41, 5.74) is 2.41. The summed E-state index contributed by atoms with van der Waals surface area (Å²) in [6, 6.07) is 2.46. The summed E-state index contributed by atoms with van der Waals surface area (Å²) in [6.07, 6.45) is 8.37. The van der Waals surface area contributed by atoms with Crippen molar-refractivity contribution in [2.45, 2.75) is 65.6 Å². The summed E-state index contributed by atoms with van der Waals surface area (Å²) in [6.45, 7) is 12.4. The summed E-state index contributed by atoms with van der Waals surface area (Å²) in [4.78, 5) is 17.7. The lowest BCUT2D eigenvalue weighted by Gasteiger charge is -2.32. The van der Waals surface area contributed by atoms with Crippen LogP contribution in [0, 0.1) is 6.92 Å². The third-order valence-electron chi connectivity index (χ3n) is 5.36. The van der Waals surface area contributed by atoms with Crippen molar-refractivity contribution in [2.75, 3.05) is 18.4 Å². The maximum atomic E-state index is 4.98. The van der Waals surface area contributed by atoms with Crippen LogP contribution in [-0.2, 0) is 13.1 Å². The third-order valence-corrected chi connectivity index (χ3v) is 6.27. The number of hydrogen-bond donors (Lipinski definition) is 1. The van der Waals surface area contributed by atoms with Gasteiger partial charge in [0.25, 0.3) is 0 Å². The molecule has 1 saturated heterocycles. The van der Waals surface area contributed by atoms with Crippen LogP contribution in [-0.4, -0.2) is 48.8 Å². The molecule has 0 radical (unpaired) electrons. The van der Waals surface area contributed by atoms with Crippen LogP contribution in [0.2, 0.25) is 0 Å². The number of aryl methyl sites for hydroxylation is 2. The van der Waals surface area contributed by atoms with Gasteiger partial charge in [0.15, 0.2) is 5.82 Å². The minimum absolute atomic E-state index is 0.321.